The summed E-state index contributed by atoms with van der Waals surface area (Å²) in [5, 5.41) is 18.3. The predicted octanol–water partition coefficient (Wildman–Crippen LogP) is 0.587. The summed E-state index contributed by atoms with van der Waals surface area (Å²) in [6, 6.07) is 0. The van der Waals surface area contributed by atoms with E-state index in [0.717, 1.165) is 6.42 Å². The van der Waals surface area contributed by atoms with Crippen LogP contribution in [0, 0.1) is 5.92 Å². The molecule has 0 aromatic carbocycles. The molecule has 13 heavy (non-hydrogen) atoms. The van der Waals surface area contributed by atoms with Gasteiger partial charge in [-0.25, -0.2) is 0 Å². The number of carboxylic acids is 1. The van der Waals surface area contributed by atoms with Gasteiger partial charge in [-0.05, 0) is 18.8 Å². The molecule has 0 aromatic rings. The van der Waals surface area contributed by atoms with Crippen molar-refractivity contribution in [2.45, 2.75) is 38.7 Å². The zero-order valence-corrected chi connectivity index (χ0v) is 8.29. The Morgan fingerprint density at radius 3 is 2.38 bits per heavy atom. The zero-order chi connectivity index (χ0) is 10.5. The minimum atomic E-state index is -1.23. The fourth-order valence-corrected chi connectivity index (χ4v) is 1.10. The van der Waals surface area contributed by atoms with Crippen LogP contribution in [-0.2, 0) is 4.79 Å². The molecule has 0 aliphatic carbocycles. The number of aliphatic hydroxyl groups is 1. The van der Waals surface area contributed by atoms with Gasteiger partial charge in [0, 0.05) is 6.54 Å². The largest absolute Gasteiger partial charge is 0.481 e. The van der Waals surface area contributed by atoms with Gasteiger partial charge in [-0.2, -0.15) is 0 Å². The lowest BCUT2D eigenvalue weighted by Crippen LogP contribution is -2.40. The second-order valence-corrected chi connectivity index (χ2v) is 3.93. The monoisotopic (exact) mass is 189 g/mol. The molecule has 0 aromatic heterocycles. The summed E-state index contributed by atoms with van der Waals surface area (Å²) in [7, 11) is 0. The first kappa shape index (κ1) is 12.4. The van der Waals surface area contributed by atoms with Crippen molar-refractivity contribution in [1.29, 1.82) is 0 Å². The first-order valence-corrected chi connectivity index (χ1v) is 4.54. The molecule has 0 heterocycles. The minimum absolute atomic E-state index is 0.00597. The molecule has 4 heteroatoms. The Labute approximate surface area is 78.7 Å². The van der Waals surface area contributed by atoms with E-state index in [2.05, 4.69) is 0 Å². The topological polar surface area (TPSA) is 83.5 Å². The van der Waals surface area contributed by atoms with E-state index in [1.165, 1.54) is 0 Å². The molecule has 0 rings (SSSR count). The highest BCUT2D eigenvalue weighted by molar-refractivity contribution is 5.68. The molecular formula is C9H19NO3. The second kappa shape index (κ2) is 5.19. The summed E-state index contributed by atoms with van der Waals surface area (Å²) in [4.78, 5) is 10.4. The third-order valence-corrected chi connectivity index (χ3v) is 2.05. The molecule has 0 saturated carbocycles. The van der Waals surface area contributed by atoms with Gasteiger partial charge in [0.1, 0.15) is 0 Å². The van der Waals surface area contributed by atoms with Gasteiger partial charge in [-0.1, -0.05) is 13.8 Å². The van der Waals surface area contributed by atoms with E-state index in [1.807, 2.05) is 13.8 Å². The molecule has 4 nitrogen and oxygen atoms in total. The van der Waals surface area contributed by atoms with Crippen LogP contribution in [0.15, 0.2) is 0 Å². The molecule has 0 radical (unpaired) electrons. The van der Waals surface area contributed by atoms with Crippen LogP contribution in [0.25, 0.3) is 0 Å². The average Bonchev–Trinajstić information content (AvgIpc) is 2.00. The number of carbonyl (C=O) groups is 1. The summed E-state index contributed by atoms with van der Waals surface area (Å²) in [5.74, 6) is -0.552. The van der Waals surface area contributed by atoms with Crippen molar-refractivity contribution in [1.82, 2.24) is 0 Å². The van der Waals surface area contributed by atoms with E-state index in [4.69, 9.17) is 10.8 Å². The molecule has 0 fully saturated rings. The smallest absolute Gasteiger partial charge is 0.306 e. The molecule has 0 bridgehead atoms. The molecule has 78 valence electrons. The van der Waals surface area contributed by atoms with Crippen molar-refractivity contribution < 1.29 is 15.0 Å². The third-order valence-electron chi connectivity index (χ3n) is 2.05. The number of nitrogens with two attached hydrogens (primary N) is 1. The van der Waals surface area contributed by atoms with Crippen LogP contribution in [0.4, 0.5) is 0 Å². The summed E-state index contributed by atoms with van der Waals surface area (Å²) in [6.45, 7) is 4.06. The lowest BCUT2D eigenvalue weighted by atomic mass is 9.91. The summed E-state index contributed by atoms with van der Waals surface area (Å²) < 4.78 is 0. The molecule has 0 amide bonds. The maximum atomic E-state index is 10.4. The van der Waals surface area contributed by atoms with E-state index < -0.39 is 11.6 Å². The van der Waals surface area contributed by atoms with Gasteiger partial charge in [0.25, 0.3) is 0 Å². The fraction of sp³-hybridized carbons (Fsp3) is 0.889. The Bertz CT molecular complexity index is 170. The van der Waals surface area contributed by atoms with Crippen molar-refractivity contribution in [3.05, 3.63) is 0 Å². The van der Waals surface area contributed by atoms with Crippen LogP contribution in [-0.4, -0.2) is 28.3 Å². The molecule has 0 spiro atoms. The van der Waals surface area contributed by atoms with Crippen LogP contribution < -0.4 is 5.73 Å². The highest BCUT2D eigenvalue weighted by atomic mass is 16.4. The molecule has 1 atom stereocenters. The Kier molecular flexibility index (Phi) is 4.95. The SMILES string of the molecule is CC(C)CCC(O)(CN)CC(=O)O. The lowest BCUT2D eigenvalue weighted by Gasteiger charge is -2.25. The summed E-state index contributed by atoms with van der Waals surface area (Å²) in [6.07, 6.45) is 0.977. The number of carboxylic acid groups (broad SMARTS) is 1. The van der Waals surface area contributed by atoms with Crippen LogP contribution in [0.3, 0.4) is 0 Å². The van der Waals surface area contributed by atoms with Gasteiger partial charge in [-0.15, -0.1) is 0 Å². The Hall–Kier alpha value is -0.610. The number of aliphatic carboxylic acids is 1. The van der Waals surface area contributed by atoms with Crippen molar-refractivity contribution in [3.63, 3.8) is 0 Å². The van der Waals surface area contributed by atoms with Crippen LogP contribution in [0.2, 0.25) is 0 Å². The Morgan fingerprint density at radius 1 is 1.54 bits per heavy atom. The van der Waals surface area contributed by atoms with E-state index in [9.17, 15) is 9.90 Å². The van der Waals surface area contributed by atoms with Gasteiger partial charge in [-0.3, -0.25) is 4.79 Å². The van der Waals surface area contributed by atoms with Crippen molar-refractivity contribution in [2.75, 3.05) is 6.54 Å². The zero-order valence-electron chi connectivity index (χ0n) is 8.29. The van der Waals surface area contributed by atoms with Gasteiger partial charge in [0.05, 0.1) is 12.0 Å². The van der Waals surface area contributed by atoms with E-state index in [-0.39, 0.29) is 13.0 Å². The van der Waals surface area contributed by atoms with Gasteiger partial charge >= 0.3 is 5.97 Å². The average molecular weight is 189 g/mol. The predicted molar refractivity (Wildman–Crippen MR) is 50.3 cm³/mol. The Morgan fingerprint density at radius 2 is 2.08 bits per heavy atom. The number of hydrogen-bond acceptors (Lipinski definition) is 3. The first-order valence-electron chi connectivity index (χ1n) is 4.54. The Balaban J connectivity index is 4.03. The summed E-state index contributed by atoms with van der Waals surface area (Å²) in [5.41, 5.74) is 4.10. The van der Waals surface area contributed by atoms with Gasteiger partial charge < -0.3 is 15.9 Å². The minimum Gasteiger partial charge on any atom is -0.481 e. The third kappa shape index (κ3) is 5.60. The van der Waals surface area contributed by atoms with Gasteiger partial charge in [0.15, 0.2) is 0 Å². The molecule has 0 aliphatic heterocycles. The van der Waals surface area contributed by atoms with E-state index in [0.29, 0.717) is 12.3 Å². The highest BCUT2D eigenvalue weighted by Crippen LogP contribution is 2.19. The van der Waals surface area contributed by atoms with E-state index in [1.54, 1.807) is 0 Å². The first-order chi connectivity index (χ1) is 5.89. The van der Waals surface area contributed by atoms with Crippen LogP contribution in [0.1, 0.15) is 33.1 Å². The maximum absolute atomic E-state index is 10.4. The standard InChI is InChI=1S/C9H19NO3/c1-7(2)3-4-9(13,6-10)5-8(11)12/h7,13H,3-6,10H2,1-2H3,(H,11,12). The lowest BCUT2D eigenvalue weighted by molar-refractivity contribution is -0.142. The van der Waals surface area contributed by atoms with Crippen molar-refractivity contribution in [2.24, 2.45) is 11.7 Å². The van der Waals surface area contributed by atoms with Gasteiger partial charge in [0.2, 0.25) is 0 Å². The van der Waals surface area contributed by atoms with Crippen molar-refractivity contribution in [3.8, 4) is 0 Å². The summed E-state index contributed by atoms with van der Waals surface area (Å²) >= 11 is 0. The number of hydrogen-bond donors (Lipinski definition) is 3. The molecule has 4 N–H and O–H groups in total. The maximum Gasteiger partial charge on any atom is 0.306 e. The second-order valence-electron chi connectivity index (χ2n) is 3.93. The normalized spacial score (nSPS) is 15.8. The van der Waals surface area contributed by atoms with Crippen LogP contribution >= 0.6 is 0 Å². The fourth-order valence-electron chi connectivity index (χ4n) is 1.10. The molecular weight excluding hydrogens is 170 g/mol. The highest BCUT2D eigenvalue weighted by Gasteiger charge is 2.28. The molecule has 0 aliphatic rings. The molecule has 0 saturated heterocycles. The molecule has 1 unspecified atom stereocenters. The quantitative estimate of drug-likeness (QED) is 0.571. The number of rotatable bonds is 6. The van der Waals surface area contributed by atoms with E-state index >= 15 is 0 Å². The van der Waals surface area contributed by atoms with Crippen molar-refractivity contribution >= 4 is 5.97 Å². The van der Waals surface area contributed by atoms with Crippen LogP contribution in [0.5, 0.6) is 0 Å².